The van der Waals surface area contributed by atoms with Crippen LogP contribution in [0.15, 0.2) is 0 Å². The van der Waals surface area contributed by atoms with Crippen molar-refractivity contribution in [2.45, 2.75) is 12.5 Å². The Labute approximate surface area is 115 Å². The molecule has 9 atom stereocenters. The minimum Gasteiger partial charge on any atom is -0.302 e. The van der Waals surface area contributed by atoms with Crippen molar-refractivity contribution in [2.75, 3.05) is 6.54 Å². The van der Waals surface area contributed by atoms with Gasteiger partial charge in [-0.2, -0.15) is 0 Å². The molecule has 0 amide bonds. The van der Waals surface area contributed by atoms with Gasteiger partial charge in [-0.1, -0.05) is 25.8 Å². The van der Waals surface area contributed by atoms with E-state index in [2.05, 4.69) is 54.8 Å². The Morgan fingerprint density at radius 1 is 1.31 bits per heavy atom. The van der Waals surface area contributed by atoms with Crippen molar-refractivity contribution >= 4 is 80.8 Å². The molecule has 0 saturated carbocycles. The maximum atomic E-state index is 10.9. The van der Waals surface area contributed by atoms with Gasteiger partial charge in [0.05, 0.1) is 6.04 Å². The first kappa shape index (κ1) is 19.5. The molecule has 0 radical (unpaired) electrons. The molecule has 0 spiro atoms. The quantitative estimate of drug-likeness (QED) is 0.464. The number of hydrogen-bond donors (Lipinski definition) is 2. The van der Waals surface area contributed by atoms with E-state index in [0.717, 1.165) is 27.2 Å². The number of carbonyl (C=O) groups is 1. The number of carbonyl (C=O) groups excluding carboxylic acids is 1. The predicted octanol–water partition coefficient (Wildman–Crippen LogP) is 3.86. The third-order valence-corrected chi connectivity index (χ3v) is 25.9. The molecule has 0 aliphatic carbocycles. The van der Waals surface area contributed by atoms with Crippen LogP contribution in [-0.4, -0.2) is 18.9 Å². The van der Waals surface area contributed by atoms with Crippen LogP contribution in [0.3, 0.4) is 0 Å². The van der Waals surface area contributed by atoms with Crippen molar-refractivity contribution in [1.29, 1.82) is 0 Å². The Morgan fingerprint density at radius 2 is 1.94 bits per heavy atom. The lowest BCUT2D eigenvalue weighted by Crippen LogP contribution is -2.27. The highest BCUT2D eigenvalue weighted by Gasteiger charge is 2.11. The third kappa shape index (κ3) is 10.3. The fourth-order valence-corrected chi connectivity index (χ4v) is 6.55. The molecule has 2 N–H and O–H groups in total. The fraction of sp³-hybridized carbons (Fsp3) is 0.750. The minimum absolute atomic E-state index is 0.0159. The van der Waals surface area contributed by atoms with E-state index in [1.54, 1.807) is 0 Å². The van der Waals surface area contributed by atoms with E-state index < -0.39 is 0 Å². The lowest BCUT2D eigenvalue weighted by molar-refractivity contribution is -0.109. The summed E-state index contributed by atoms with van der Waals surface area (Å²) in [5.41, 5.74) is 0. The van der Waals surface area contributed by atoms with Gasteiger partial charge in [-0.05, 0) is 13.4 Å². The number of nitrogens with one attached hydrogen (secondary N) is 2. The van der Waals surface area contributed by atoms with Gasteiger partial charge in [-0.3, -0.25) is 10.2 Å². The van der Waals surface area contributed by atoms with E-state index in [9.17, 15) is 4.79 Å². The van der Waals surface area contributed by atoms with E-state index >= 15 is 0 Å². The Bertz CT molecular complexity index is 194. The van der Waals surface area contributed by atoms with Crippen LogP contribution in [0.25, 0.3) is 0 Å². The van der Waals surface area contributed by atoms with Crippen LogP contribution in [0.5, 0.6) is 0 Å². The number of hydrogen-bond acceptors (Lipinski definition) is 3. The summed E-state index contributed by atoms with van der Waals surface area (Å²) in [5, 5.41) is 6.78. The van der Waals surface area contributed by atoms with Crippen molar-refractivity contribution < 1.29 is 4.79 Å². The van der Waals surface area contributed by atoms with Crippen LogP contribution in [0, 0.1) is 0 Å². The van der Waals surface area contributed by atoms with Gasteiger partial charge in [0.2, 0.25) is 0 Å². The molecule has 0 rings (SSSR count). The molecule has 9 unspecified atom stereocenters. The monoisotopic (exact) mass is 390 g/mol. The average Bonchev–Trinajstić information content (AvgIpc) is 2.26. The van der Waals surface area contributed by atoms with Crippen LogP contribution < -0.4 is 10.2 Å². The molecule has 0 heterocycles. The lowest BCUT2D eigenvalue weighted by atomic mass is 10.2. The van der Waals surface area contributed by atoms with Gasteiger partial charge in [-0.25, -0.2) is 0 Å². The summed E-state index contributed by atoms with van der Waals surface area (Å²) in [6.45, 7) is 0.813. The van der Waals surface area contributed by atoms with Gasteiger partial charge < -0.3 is 4.79 Å². The second kappa shape index (κ2) is 12.2. The molecule has 3 nitrogen and oxygen atoms in total. The second-order valence-electron chi connectivity index (χ2n) is 2.79. The smallest absolute Gasteiger partial charge is 0.137 e. The maximum absolute atomic E-state index is 10.9. The topological polar surface area (TPSA) is 41.1 Å². The van der Waals surface area contributed by atoms with Crippen LogP contribution in [0.2, 0.25) is 0 Å². The van der Waals surface area contributed by atoms with Gasteiger partial charge in [0.15, 0.2) is 0 Å². The van der Waals surface area contributed by atoms with Gasteiger partial charge in [0.25, 0.3) is 0 Å². The molecular formula is C4H19N2OP9. The van der Waals surface area contributed by atoms with Crippen molar-refractivity contribution in [2.24, 2.45) is 0 Å². The van der Waals surface area contributed by atoms with E-state index in [1.165, 1.54) is 0 Å². The van der Waals surface area contributed by atoms with E-state index in [0.29, 0.717) is 0 Å². The van der Waals surface area contributed by atoms with Crippen LogP contribution in [0.1, 0.15) is 6.42 Å². The van der Waals surface area contributed by atoms with E-state index in [1.807, 2.05) is 0 Å². The van der Waals surface area contributed by atoms with Gasteiger partial charge in [0, 0.05) is 21.4 Å². The standard InChI is InChI=1S/C4H19N2OP9/c7-3-4(6-14(9)13-8)1-2-5-15(10)16(11)12/h3-6,13H,1-2,8-12H2. The summed E-state index contributed by atoms with van der Waals surface area (Å²) in [5.74, 6) is 0. The lowest BCUT2D eigenvalue weighted by Gasteiger charge is -2.20. The first-order chi connectivity index (χ1) is 7.51. The van der Waals surface area contributed by atoms with Crippen LogP contribution >= 0.6 is 74.5 Å². The Morgan fingerprint density at radius 3 is 2.38 bits per heavy atom. The largest absolute Gasteiger partial charge is 0.302 e. The summed E-state index contributed by atoms with van der Waals surface area (Å²) in [4.78, 5) is 10.9. The molecule has 0 aliphatic rings. The first-order valence-electron chi connectivity index (χ1n) is 4.31. The average molecular weight is 390 g/mol. The molecular weight excluding hydrogens is 371 g/mol. The summed E-state index contributed by atoms with van der Waals surface area (Å²) < 4.78 is 0. The van der Waals surface area contributed by atoms with Gasteiger partial charge in [-0.15, -0.1) is 26.8 Å². The van der Waals surface area contributed by atoms with Crippen molar-refractivity contribution in [3.8, 4) is 0 Å². The van der Waals surface area contributed by atoms with Gasteiger partial charge >= 0.3 is 0 Å². The zero-order valence-corrected chi connectivity index (χ0v) is 18.2. The highest BCUT2D eigenvalue weighted by atomic mass is 32.8. The summed E-state index contributed by atoms with van der Waals surface area (Å²) in [7, 11) is 14.3. The predicted molar refractivity (Wildman–Crippen MR) is 103 cm³/mol. The van der Waals surface area contributed by atoms with E-state index in [4.69, 9.17) is 0 Å². The summed E-state index contributed by atoms with van der Waals surface area (Å²) >= 11 is 0. The number of rotatable bonds is 9. The molecule has 0 aromatic heterocycles. The molecule has 96 valence electrons. The molecule has 0 fully saturated rings. The molecule has 12 heteroatoms. The zero-order chi connectivity index (χ0) is 12.6. The zero-order valence-electron chi connectivity index (χ0n) is 8.71. The van der Waals surface area contributed by atoms with Crippen molar-refractivity contribution in [3.63, 3.8) is 0 Å². The highest BCUT2D eigenvalue weighted by Crippen LogP contribution is 2.80. The molecule has 0 aromatic carbocycles. The maximum Gasteiger partial charge on any atom is 0.137 e. The van der Waals surface area contributed by atoms with Crippen LogP contribution in [0.4, 0.5) is 0 Å². The number of aldehydes is 1. The fourth-order valence-electron chi connectivity index (χ4n) is 0.795. The first-order valence-corrected chi connectivity index (χ1v) is 19.2. The van der Waals surface area contributed by atoms with Crippen molar-refractivity contribution in [3.05, 3.63) is 0 Å². The summed E-state index contributed by atoms with van der Waals surface area (Å²) in [6.07, 6.45) is 1.87. The summed E-state index contributed by atoms with van der Waals surface area (Å²) in [6, 6.07) is -0.0159. The van der Waals surface area contributed by atoms with E-state index in [-0.39, 0.29) is 27.9 Å². The Hall–Kier alpha value is 3.46. The van der Waals surface area contributed by atoms with Crippen molar-refractivity contribution in [1.82, 2.24) is 10.2 Å². The Balaban J connectivity index is 3.75. The molecule has 0 aromatic rings. The second-order valence-corrected chi connectivity index (χ2v) is 26.7. The van der Waals surface area contributed by atoms with Crippen LogP contribution in [-0.2, 0) is 4.79 Å². The molecule has 0 aliphatic heterocycles. The molecule has 0 bridgehead atoms. The SMILES string of the molecule is O=CC(CCNP(P)P(P)P)NP(P)PP. The third-order valence-electron chi connectivity index (χ3n) is 1.59. The highest BCUT2D eigenvalue weighted by molar-refractivity contribution is 8.81. The normalized spacial score (nSPS) is 17.9. The molecule has 16 heavy (non-hydrogen) atoms. The minimum atomic E-state index is -0.274. The van der Waals surface area contributed by atoms with Gasteiger partial charge in [0.1, 0.15) is 6.29 Å². The molecule has 0 saturated heterocycles. The Kier molecular flexibility index (Phi) is 14.9.